The number of rotatable bonds is 6. The molecule has 2 aromatic rings. The van der Waals surface area contributed by atoms with E-state index in [4.69, 9.17) is 4.74 Å². The molecule has 0 aromatic heterocycles. The first-order valence-corrected chi connectivity index (χ1v) is 10.1. The van der Waals surface area contributed by atoms with Crippen LogP contribution in [0.1, 0.15) is 41.3 Å². The highest BCUT2D eigenvalue weighted by atomic mass is 16.5. The van der Waals surface area contributed by atoms with Crippen molar-refractivity contribution in [3.63, 3.8) is 0 Å². The van der Waals surface area contributed by atoms with Gasteiger partial charge in [-0.15, -0.1) is 0 Å². The number of ether oxygens (including phenoxy) is 1. The van der Waals surface area contributed by atoms with Crippen molar-refractivity contribution in [3.05, 3.63) is 65.2 Å². The number of hydrogen-bond acceptors (Lipinski definition) is 4. The molecule has 2 amide bonds. The quantitative estimate of drug-likeness (QED) is 0.506. The first kappa shape index (κ1) is 21.5. The molecule has 1 saturated heterocycles. The lowest BCUT2D eigenvalue weighted by molar-refractivity contribution is -0.119. The molecule has 30 heavy (non-hydrogen) atoms. The largest absolute Gasteiger partial charge is 0.376 e. The van der Waals surface area contributed by atoms with Crippen LogP contribution in [0.25, 0.3) is 0 Å². The molecule has 0 saturated carbocycles. The van der Waals surface area contributed by atoms with Gasteiger partial charge >= 0.3 is 0 Å². The van der Waals surface area contributed by atoms with E-state index in [0.29, 0.717) is 24.6 Å². The molecule has 1 aliphatic rings. The standard InChI is InChI=1S/C23H28N4O3/c1-16-5-11-20(12-6-16)26-23(25-15-21-4-3-13-30-21)27-22(29)19-9-7-18(8-10-19)14-24-17(2)28/h5-12,21H,3-4,13-15H2,1-2H3,(H,24,28)(H2,25,26,27,29)/t21-/m0/s1. The molecule has 2 aromatic carbocycles. The molecular weight excluding hydrogens is 380 g/mol. The minimum Gasteiger partial charge on any atom is -0.376 e. The highest BCUT2D eigenvalue weighted by Gasteiger charge is 2.16. The molecule has 3 N–H and O–H groups in total. The molecule has 1 atom stereocenters. The number of guanidine groups is 1. The fraction of sp³-hybridized carbons (Fsp3) is 0.348. The average Bonchev–Trinajstić information content (AvgIpc) is 3.26. The molecule has 3 rings (SSSR count). The fourth-order valence-electron chi connectivity index (χ4n) is 3.05. The number of amides is 2. The molecule has 1 heterocycles. The second-order valence-electron chi connectivity index (χ2n) is 7.38. The van der Waals surface area contributed by atoms with E-state index in [1.807, 2.05) is 43.3 Å². The number of nitrogens with one attached hydrogen (secondary N) is 3. The molecule has 7 nitrogen and oxygen atoms in total. The molecule has 158 valence electrons. The third-order valence-corrected chi connectivity index (χ3v) is 4.78. The minimum absolute atomic E-state index is 0.0878. The summed E-state index contributed by atoms with van der Waals surface area (Å²) in [6.07, 6.45) is 2.10. The van der Waals surface area contributed by atoms with Crippen molar-refractivity contribution in [3.8, 4) is 0 Å². The van der Waals surface area contributed by atoms with Gasteiger partial charge in [-0.05, 0) is 49.6 Å². The van der Waals surface area contributed by atoms with Crippen LogP contribution in [-0.4, -0.2) is 37.0 Å². The third-order valence-electron chi connectivity index (χ3n) is 4.78. The van der Waals surface area contributed by atoms with Crippen molar-refractivity contribution >= 4 is 23.5 Å². The predicted molar refractivity (Wildman–Crippen MR) is 118 cm³/mol. The highest BCUT2D eigenvalue weighted by molar-refractivity contribution is 6.10. The van der Waals surface area contributed by atoms with Gasteiger partial charge in [0.15, 0.2) is 0 Å². The number of aliphatic imine (C=N–C) groups is 1. The van der Waals surface area contributed by atoms with Crippen molar-refractivity contribution in [2.75, 3.05) is 18.5 Å². The van der Waals surface area contributed by atoms with E-state index in [0.717, 1.165) is 36.3 Å². The smallest absolute Gasteiger partial charge is 0.257 e. The van der Waals surface area contributed by atoms with Crippen LogP contribution in [0, 0.1) is 6.92 Å². The number of carbonyl (C=O) groups is 2. The SMILES string of the molecule is CC(=O)NCc1ccc(C(=O)NC(=NC[C@@H]2CCCO2)Nc2ccc(C)cc2)cc1. The zero-order chi connectivity index (χ0) is 21.3. The van der Waals surface area contributed by atoms with Crippen molar-refractivity contribution < 1.29 is 14.3 Å². The summed E-state index contributed by atoms with van der Waals surface area (Å²) in [5.41, 5.74) is 3.43. The fourth-order valence-corrected chi connectivity index (χ4v) is 3.05. The summed E-state index contributed by atoms with van der Waals surface area (Å²) in [5, 5.41) is 8.79. The van der Waals surface area contributed by atoms with Gasteiger partial charge < -0.3 is 15.4 Å². The van der Waals surface area contributed by atoms with Crippen molar-refractivity contribution in [2.24, 2.45) is 4.99 Å². The van der Waals surface area contributed by atoms with Gasteiger partial charge in [-0.25, -0.2) is 4.99 Å². The number of aryl methyl sites for hydroxylation is 1. The molecule has 0 bridgehead atoms. The molecule has 0 unspecified atom stereocenters. The van der Waals surface area contributed by atoms with Gasteiger partial charge in [-0.2, -0.15) is 0 Å². The van der Waals surface area contributed by atoms with Crippen LogP contribution in [0.15, 0.2) is 53.5 Å². The van der Waals surface area contributed by atoms with Crippen LogP contribution in [0.5, 0.6) is 0 Å². The van der Waals surface area contributed by atoms with Crippen LogP contribution in [0.2, 0.25) is 0 Å². The van der Waals surface area contributed by atoms with E-state index in [1.165, 1.54) is 6.92 Å². The number of nitrogens with zero attached hydrogens (tertiary/aromatic N) is 1. The lowest BCUT2D eigenvalue weighted by Gasteiger charge is -2.14. The zero-order valence-corrected chi connectivity index (χ0v) is 17.4. The Morgan fingerprint density at radius 1 is 1.10 bits per heavy atom. The Morgan fingerprint density at radius 3 is 2.47 bits per heavy atom. The summed E-state index contributed by atoms with van der Waals surface area (Å²) < 4.78 is 5.63. The van der Waals surface area contributed by atoms with Gasteiger partial charge in [0.2, 0.25) is 11.9 Å². The van der Waals surface area contributed by atoms with E-state index >= 15 is 0 Å². The first-order chi connectivity index (χ1) is 14.5. The second kappa shape index (κ2) is 10.5. The topological polar surface area (TPSA) is 91.8 Å². The Balaban J connectivity index is 1.67. The second-order valence-corrected chi connectivity index (χ2v) is 7.38. The van der Waals surface area contributed by atoms with E-state index < -0.39 is 0 Å². The van der Waals surface area contributed by atoms with Crippen molar-refractivity contribution in [2.45, 2.75) is 39.3 Å². The van der Waals surface area contributed by atoms with E-state index in [2.05, 4.69) is 20.9 Å². The molecular formula is C23H28N4O3. The zero-order valence-electron chi connectivity index (χ0n) is 17.4. The van der Waals surface area contributed by atoms with Crippen LogP contribution < -0.4 is 16.0 Å². The van der Waals surface area contributed by atoms with Crippen molar-refractivity contribution in [1.29, 1.82) is 0 Å². The highest BCUT2D eigenvalue weighted by Crippen LogP contribution is 2.13. The van der Waals surface area contributed by atoms with Gasteiger partial charge in [0.05, 0.1) is 12.6 Å². The Labute approximate surface area is 176 Å². The maximum atomic E-state index is 12.7. The van der Waals surface area contributed by atoms with Gasteiger partial charge in [0, 0.05) is 31.3 Å². The van der Waals surface area contributed by atoms with Gasteiger partial charge in [0.25, 0.3) is 5.91 Å². The predicted octanol–water partition coefficient (Wildman–Crippen LogP) is 3.01. The summed E-state index contributed by atoms with van der Waals surface area (Å²) in [6.45, 7) is 5.18. The van der Waals surface area contributed by atoms with Gasteiger partial charge in [-0.3, -0.25) is 14.9 Å². The van der Waals surface area contributed by atoms with Crippen LogP contribution in [0.3, 0.4) is 0 Å². The lowest BCUT2D eigenvalue weighted by Crippen LogP contribution is -2.36. The number of hydrogen-bond donors (Lipinski definition) is 3. The molecule has 7 heteroatoms. The van der Waals surface area contributed by atoms with Crippen LogP contribution in [-0.2, 0) is 16.1 Å². The molecule has 0 aliphatic carbocycles. The van der Waals surface area contributed by atoms with Crippen LogP contribution >= 0.6 is 0 Å². The van der Waals surface area contributed by atoms with E-state index in [-0.39, 0.29) is 17.9 Å². The summed E-state index contributed by atoms with van der Waals surface area (Å²) in [4.78, 5) is 28.3. The number of anilines is 1. The third kappa shape index (κ3) is 6.70. The molecule has 1 fully saturated rings. The first-order valence-electron chi connectivity index (χ1n) is 10.1. The Morgan fingerprint density at radius 2 is 1.83 bits per heavy atom. The maximum absolute atomic E-state index is 12.7. The van der Waals surface area contributed by atoms with E-state index in [9.17, 15) is 9.59 Å². The van der Waals surface area contributed by atoms with Crippen LogP contribution in [0.4, 0.5) is 5.69 Å². The monoisotopic (exact) mass is 408 g/mol. The average molecular weight is 409 g/mol. The Kier molecular flexibility index (Phi) is 7.57. The summed E-state index contributed by atoms with van der Waals surface area (Å²) in [5.74, 6) is 0.0413. The lowest BCUT2D eigenvalue weighted by atomic mass is 10.1. The molecule has 1 aliphatic heterocycles. The Bertz CT molecular complexity index is 886. The Hall–Kier alpha value is -3.19. The van der Waals surface area contributed by atoms with E-state index in [1.54, 1.807) is 12.1 Å². The summed E-state index contributed by atoms with van der Waals surface area (Å²) in [7, 11) is 0. The molecule has 0 radical (unpaired) electrons. The normalized spacial score (nSPS) is 16.2. The van der Waals surface area contributed by atoms with Crippen molar-refractivity contribution in [1.82, 2.24) is 10.6 Å². The molecule has 0 spiro atoms. The number of benzene rings is 2. The number of carbonyl (C=O) groups excluding carboxylic acids is 2. The summed E-state index contributed by atoms with van der Waals surface area (Å²) in [6, 6.07) is 15.0. The maximum Gasteiger partial charge on any atom is 0.257 e. The minimum atomic E-state index is -0.258. The summed E-state index contributed by atoms with van der Waals surface area (Å²) >= 11 is 0. The van der Waals surface area contributed by atoms with Gasteiger partial charge in [-0.1, -0.05) is 29.8 Å². The van der Waals surface area contributed by atoms with Gasteiger partial charge in [0.1, 0.15) is 0 Å².